The van der Waals surface area contributed by atoms with Crippen molar-refractivity contribution in [3.63, 3.8) is 0 Å². The molecule has 0 saturated carbocycles. The maximum Gasteiger partial charge on any atom is 0.253 e. The van der Waals surface area contributed by atoms with E-state index >= 15 is 0 Å². The van der Waals surface area contributed by atoms with Gasteiger partial charge in [0.05, 0.1) is 40.8 Å². The van der Waals surface area contributed by atoms with Gasteiger partial charge in [0.2, 0.25) is 11.8 Å². The molecule has 2 unspecified atom stereocenters. The number of fused-ring (bicyclic) bond motifs is 1. The SMILES string of the molecule is C=CCN(C)C(=O)[C@H]1[C@H]2C(=O)N([C@@H](CO)[C@@H](C)CC)C(C(=O)N(CC=C)c3c(C)cccc3Cl)C23CC[C@]1(CC)O3. The number of aliphatic hydroxyl groups excluding tert-OH is 1. The predicted octanol–water partition coefficient (Wildman–Crippen LogP) is 4.37. The fraction of sp³-hybridized carbons (Fsp3) is 0.594. The van der Waals surface area contributed by atoms with E-state index in [1.807, 2.05) is 39.8 Å². The molecule has 3 fully saturated rings. The number of para-hydroxylation sites is 1. The molecule has 3 aliphatic heterocycles. The summed E-state index contributed by atoms with van der Waals surface area (Å²) in [5, 5.41) is 11.0. The van der Waals surface area contributed by atoms with E-state index in [-0.39, 0.29) is 36.8 Å². The molecule has 3 heterocycles. The van der Waals surface area contributed by atoms with Crippen molar-refractivity contribution in [1.82, 2.24) is 9.80 Å². The van der Waals surface area contributed by atoms with Crippen LogP contribution < -0.4 is 4.90 Å². The summed E-state index contributed by atoms with van der Waals surface area (Å²) in [5.41, 5.74) is -0.716. The fourth-order valence-electron chi connectivity index (χ4n) is 7.54. The number of hydrogen-bond donors (Lipinski definition) is 1. The van der Waals surface area contributed by atoms with Gasteiger partial charge in [0.15, 0.2) is 0 Å². The number of rotatable bonds is 12. The van der Waals surface area contributed by atoms with Crippen LogP contribution in [-0.4, -0.2) is 82.7 Å². The van der Waals surface area contributed by atoms with E-state index in [1.165, 1.54) is 0 Å². The van der Waals surface area contributed by atoms with Crippen molar-refractivity contribution >= 4 is 35.0 Å². The fourth-order valence-corrected chi connectivity index (χ4v) is 7.86. The van der Waals surface area contributed by atoms with Crippen LogP contribution in [0.1, 0.15) is 52.0 Å². The van der Waals surface area contributed by atoms with E-state index in [1.54, 1.807) is 40.0 Å². The molecule has 1 aromatic rings. The van der Waals surface area contributed by atoms with Crippen molar-refractivity contribution in [1.29, 1.82) is 0 Å². The summed E-state index contributed by atoms with van der Waals surface area (Å²) in [7, 11) is 1.70. The highest BCUT2D eigenvalue weighted by Crippen LogP contribution is 2.65. The monoisotopic (exact) mass is 585 g/mol. The first-order valence-electron chi connectivity index (χ1n) is 14.7. The molecule has 8 nitrogen and oxygen atoms in total. The number of halogens is 1. The number of aryl methyl sites for hydroxylation is 1. The number of amides is 3. The van der Waals surface area contributed by atoms with E-state index in [0.29, 0.717) is 42.9 Å². The molecule has 9 heteroatoms. The Kier molecular flexibility index (Phi) is 9.07. The Morgan fingerprint density at radius 1 is 1.22 bits per heavy atom. The van der Waals surface area contributed by atoms with Gasteiger partial charge in [0.1, 0.15) is 11.6 Å². The zero-order chi connectivity index (χ0) is 30.3. The van der Waals surface area contributed by atoms with Crippen LogP contribution in [0.2, 0.25) is 5.02 Å². The van der Waals surface area contributed by atoms with Gasteiger partial charge in [-0.1, -0.05) is 63.1 Å². The Balaban J connectivity index is 1.93. The van der Waals surface area contributed by atoms with Gasteiger partial charge in [-0.25, -0.2) is 0 Å². The Morgan fingerprint density at radius 2 is 1.90 bits per heavy atom. The quantitative estimate of drug-likeness (QED) is 0.368. The zero-order valence-electron chi connectivity index (χ0n) is 24.9. The van der Waals surface area contributed by atoms with Crippen LogP contribution in [0.4, 0.5) is 5.69 Å². The number of hydrogen-bond acceptors (Lipinski definition) is 5. The number of likely N-dealkylation sites (tertiary alicyclic amines) is 1. The summed E-state index contributed by atoms with van der Waals surface area (Å²) < 4.78 is 6.93. The first kappa shape index (κ1) is 31.3. The normalized spacial score (nSPS) is 29.7. The average Bonchev–Trinajstić information content (AvgIpc) is 3.56. The summed E-state index contributed by atoms with van der Waals surface area (Å²) >= 11 is 6.66. The Bertz CT molecular complexity index is 1200. The highest BCUT2D eigenvalue weighted by molar-refractivity contribution is 6.34. The minimum atomic E-state index is -1.21. The number of ether oxygens (including phenoxy) is 1. The van der Waals surface area contributed by atoms with Gasteiger partial charge in [0.25, 0.3) is 5.91 Å². The highest BCUT2D eigenvalue weighted by Gasteiger charge is 2.79. The molecule has 0 aliphatic carbocycles. The lowest BCUT2D eigenvalue weighted by atomic mass is 9.64. The van der Waals surface area contributed by atoms with E-state index in [0.717, 1.165) is 5.56 Å². The van der Waals surface area contributed by atoms with E-state index < -0.39 is 35.1 Å². The van der Waals surface area contributed by atoms with Crippen molar-refractivity contribution in [2.45, 2.75) is 76.7 Å². The second-order valence-electron chi connectivity index (χ2n) is 11.9. The summed E-state index contributed by atoms with van der Waals surface area (Å²) in [4.78, 5) is 48.2. The van der Waals surface area contributed by atoms with Crippen LogP contribution in [-0.2, 0) is 19.1 Å². The molecule has 1 aromatic carbocycles. The molecule has 3 saturated heterocycles. The number of likely N-dealkylation sites (N-methyl/N-ethyl adjacent to an activating group) is 1. The van der Waals surface area contributed by atoms with Gasteiger partial charge in [-0.15, -0.1) is 13.2 Å². The molecule has 224 valence electrons. The molecule has 0 radical (unpaired) electrons. The third-order valence-corrected chi connectivity index (χ3v) is 10.1. The molecule has 4 rings (SSSR count). The lowest BCUT2D eigenvalue weighted by Crippen LogP contribution is -2.60. The number of benzene rings is 1. The Hall–Kier alpha value is -2.68. The topological polar surface area (TPSA) is 90.4 Å². The van der Waals surface area contributed by atoms with Crippen molar-refractivity contribution in [3.8, 4) is 0 Å². The second-order valence-corrected chi connectivity index (χ2v) is 12.3. The van der Waals surface area contributed by atoms with Gasteiger partial charge in [0, 0.05) is 20.1 Å². The first-order valence-corrected chi connectivity index (χ1v) is 15.0. The third-order valence-electron chi connectivity index (χ3n) is 9.78. The molecule has 1 N–H and O–H groups in total. The number of nitrogens with zero attached hydrogens (tertiary/aromatic N) is 3. The minimum Gasteiger partial charge on any atom is -0.394 e. The Morgan fingerprint density at radius 3 is 2.46 bits per heavy atom. The summed E-state index contributed by atoms with van der Waals surface area (Å²) in [5.74, 6) is -2.53. The molecule has 1 spiro atoms. The highest BCUT2D eigenvalue weighted by atomic mass is 35.5. The van der Waals surface area contributed by atoms with E-state index in [4.69, 9.17) is 16.3 Å². The molecule has 7 atom stereocenters. The lowest BCUT2D eigenvalue weighted by molar-refractivity contribution is -0.154. The molecule has 3 aliphatic rings. The van der Waals surface area contributed by atoms with Gasteiger partial charge in [-0.3, -0.25) is 14.4 Å². The maximum absolute atomic E-state index is 14.9. The molecule has 41 heavy (non-hydrogen) atoms. The first-order chi connectivity index (χ1) is 19.5. The van der Waals surface area contributed by atoms with Crippen LogP contribution in [0.15, 0.2) is 43.5 Å². The summed E-state index contributed by atoms with van der Waals surface area (Å²) in [6, 6.07) is 3.77. The van der Waals surface area contributed by atoms with E-state index in [9.17, 15) is 19.5 Å². The smallest absolute Gasteiger partial charge is 0.253 e. The van der Waals surface area contributed by atoms with Gasteiger partial charge < -0.3 is 24.5 Å². The standard InChI is InChI=1S/C32H44ClN3O5/c1-8-17-34(7)28(38)24-25-29(39)36(23(19-37)20(5)10-3)27(32(25)16-15-31(24,11-4)41-32)30(40)35(18-9-2)26-21(6)13-12-14-22(26)33/h8-9,12-14,20,23-25,27,37H,1-2,10-11,15-19H2,3-7H3/t20-,23-,24+,25-,27?,31-,32?/m0/s1. The molecule has 3 amide bonds. The summed E-state index contributed by atoms with van der Waals surface area (Å²) in [6.45, 7) is 15.6. The van der Waals surface area contributed by atoms with Crippen molar-refractivity contribution in [2.75, 3.05) is 31.6 Å². The molecular formula is C32H44ClN3O5. The minimum absolute atomic E-state index is 0.0979. The lowest BCUT2D eigenvalue weighted by Gasteiger charge is -2.41. The Labute approximate surface area is 248 Å². The van der Waals surface area contributed by atoms with Crippen LogP contribution in [0.3, 0.4) is 0 Å². The summed E-state index contributed by atoms with van der Waals surface area (Å²) in [6.07, 6.45) is 5.53. The van der Waals surface area contributed by atoms with Crippen LogP contribution in [0, 0.1) is 24.7 Å². The van der Waals surface area contributed by atoms with Crippen LogP contribution >= 0.6 is 11.6 Å². The number of carbonyl (C=O) groups excluding carboxylic acids is 3. The van der Waals surface area contributed by atoms with Gasteiger partial charge in [-0.05, 0) is 43.7 Å². The number of anilines is 1. The second kappa shape index (κ2) is 11.9. The number of aliphatic hydroxyl groups is 1. The average molecular weight is 586 g/mol. The zero-order valence-corrected chi connectivity index (χ0v) is 25.7. The van der Waals surface area contributed by atoms with Crippen LogP contribution in [0.25, 0.3) is 0 Å². The largest absolute Gasteiger partial charge is 0.394 e. The molecule has 0 aromatic heterocycles. The van der Waals surface area contributed by atoms with Gasteiger partial charge in [-0.2, -0.15) is 0 Å². The maximum atomic E-state index is 14.9. The number of carbonyl (C=O) groups is 3. The molecule has 2 bridgehead atoms. The van der Waals surface area contributed by atoms with Gasteiger partial charge >= 0.3 is 0 Å². The van der Waals surface area contributed by atoms with Crippen LogP contribution in [0.5, 0.6) is 0 Å². The van der Waals surface area contributed by atoms with Crippen molar-refractivity contribution < 1.29 is 24.2 Å². The van der Waals surface area contributed by atoms with Crippen molar-refractivity contribution in [2.24, 2.45) is 17.8 Å². The third kappa shape index (κ3) is 4.72. The predicted molar refractivity (Wildman–Crippen MR) is 161 cm³/mol. The van der Waals surface area contributed by atoms with Crippen molar-refractivity contribution in [3.05, 3.63) is 54.1 Å². The molecular weight excluding hydrogens is 542 g/mol. The van der Waals surface area contributed by atoms with E-state index in [2.05, 4.69) is 13.2 Å².